The van der Waals surface area contributed by atoms with Gasteiger partial charge in [-0.15, -0.1) is 0 Å². The summed E-state index contributed by atoms with van der Waals surface area (Å²) in [6.07, 6.45) is 1.92. The second kappa shape index (κ2) is 6.15. The molecule has 0 spiro atoms. The molecule has 0 radical (unpaired) electrons. The van der Waals surface area contributed by atoms with Gasteiger partial charge in [0.1, 0.15) is 5.75 Å². The van der Waals surface area contributed by atoms with E-state index in [4.69, 9.17) is 9.47 Å². The molecule has 1 heterocycles. The van der Waals surface area contributed by atoms with Crippen LogP contribution in [-0.2, 0) is 12.8 Å². The Morgan fingerprint density at radius 1 is 1.17 bits per heavy atom. The number of fused-ring (bicyclic) bond motifs is 1. The number of ether oxygens (including phenoxy) is 2. The lowest BCUT2D eigenvalue weighted by atomic mass is 9.86. The maximum absolute atomic E-state index is 9.93. The maximum atomic E-state index is 9.93. The molecule has 0 bridgehead atoms. The fourth-order valence-corrected chi connectivity index (χ4v) is 3.36. The first-order valence-electron chi connectivity index (χ1n) is 8.08. The van der Waals surface area contributed by atoms with Gasteiger partial charge in [-0.25, -0.2) is 0 Å². The van der Waals surface area contributed by atoms with Crippen molar-refractivity contribution in [1.82, 2.24) is 0 Å². The molecule has 1 aliphatic rings. The molecule has 1 aliphatic heterocycles. The first-order valence-corrected chi connectivity index (χ1v) is 8.08. The summed E-state index contributed by atoms with van der Waals surface area (Å²) in [5.41, 5.74) is 6.45. The van der Waals surface area contributed by atoms with Crippen molar-refractivity contribution in [3.05, 3.63) is 52.1 Å². The molecule has 122 valence electrons. The highest BCUT2D eigenvalue weighted by Crippen LogP contribution is 2.35. The van der Waals surface area contributed by atoms with Gasteiger partial charge in [-0.1, -0.05) is 6.07 Å². The third-order valence-electron chi connectivity index (χ3n) is 4.99. The minimum absolute atomic E-state index is 0.199. The van der Waals surface area contributed by atoms with Crippen molar-refractivity contribution < 1.29 is 14.6 Å². The van der Waals surface area contributed by atoms with Crippen molar-refractivity contribution in [3.8, 4) is 17.2 Å². The van der Waals surface area contributed by atoms with Crippen molar-refractivity contribution in [3.63, 3.8) is 0 Å². The molecular formula is C20H24O3. The van der Waals surface area contributed by atoms with Crippen LogP contribution in [0.4, 0.5) is 0 Å². The molecule has 0 saturated heterocycles. The summed E-state index contributed by atoms with van der Waals surface area (Å²) in [5.74, 6) is 2.18. The van der Waals surface area contributed by atoms with Crippen molar-refractivity contribution in [1.29, 1.82) is 0 Å². The number of hydrogen-bond donors (Lipinski definition) is 1. The van der Waals surface area contributed by atoms with E-state index in [9.17, 15) is 5.11 Å². The summed E-state index contributed by atoms with van der Waals surface area (Å²) in [7, 11) is 1.56. The van der Waals surface area contributed by atoms with E-state index in [-0.39, 0.29) is 5.75 Å². The number of phenolic OH excluding ortho intramolecular Hbond substituents is 1. The average molecular weight is 312 g/mol. The van der Waals surface area contributed by atoms with Crippen LogP contribution in [-0.4, -0.2) is 18.8 Å². The summed E-state index contributed by atoms with van der Waals surface area (Å²) in [5, 5.41) is 9.93. The molecule has 0 aliphatic carbocycles. The van der Waals surface area contributed by atoms with Crippen molar-refractivity contribution in [2.75, 3.05) is 13.7 Å². The number of phenols is 1. The number of aryl methyl sites for hydroxylation is 1. The molecule has 1 unspecified atom stereocenters. The molecule has 0 saturated carbocycles. The lowest BCUT2D eigenvalue weighted by molar-refractivity contribution is 0.220. The van der Waals surface area contributed by atoms with Crippen LogP contribution in [0.15, 0.2) is 24.3 Å². The minimum atomic E-state index is 0.199. The summed E-state index contributed by atoms with van der Waals surface area (Å²) < 4.78 is 11.1. The van der Waals surface area contributed by atoms with Crippen molar-refractivity contribution in [2.24, 2.45) is 5.92 Å². The molecule has 0 aromatic heterocycles. The fraction of sp³-hybridized carbons (Fsp3) is 0.400. The molecule has 2 aromatic carbocycles. The van der Waals surface area contributed by atoms with E-state index in [1.807, 2.05) is 12.1 Å². The summed E-state index contributed by atoms with van der Waals surface area (Å²) >= 11 is 0. The topological polar surface area (TPSA) is 38.7 Å². The zero-order chi connectivity index (χ0) is 16.6. The van der Waals surface area contributed by atoms with Crippen LogP contribution in [0.25, 0.3) is 0 Å². The summed E-state index contributed by atoms with van der Waals surface area (Å²) in [6, 6.07) is 7.79. The summed E-state index contributed by atoms with van der Waals surface area (Å²) in [6.45, 7) is 7.22. The third kappa shape index (κ3) is 3.00. The molecule has 3 nitrogen and oxygen atoms in total. The van der Waals surface area contributed by atoms with Gasteiger partial charge < -0.3 is 14.6 Å². The molecule has 0 amide bonds. The molecule has 1 N–H and O–H groups in total. The van der Waals surface area contributed by atoms with E-state index >= 15 is 0 Å². The number of hydrogen-bond acceptors (Lipinski definition) is 3. The van der Waals surface area contributed by atoms with E-state index in [1.165, 1.54) is 22.3 Å². The maximum Gasteiger partial charge on any atom is 0.160 e. The minimum Gasteiger partial charge on any atom is -0.504 e. The third-order valence-corrected chi connectivity index (χ3v) is 4.99. The van der Waals surface area contributed by atoms with E-state index < -0.39 is 0 Å². The molecular weight excluding hydrogens is 288 g/mol. The molecule has 23 heavy (non-hydrogen) atoms. The van der Waals surface area contributed by atoms with Gasteiger partial charge >= 0.3 is 0 Å². The van der Waals surface area contributed by atoms with E-state index in [0.717, 1.165) is 30.8 Å². The molecule has 3 heteroatoms. The van der Waals surface area contributed by atoms with E-state index in [1.54, 1.807) is 13.2 Å². The van der Waals surface area contributed by atoms with Crippen LogP contribution in [0.3, 0.4) is 0 Å². The monoisotopic (exact) mass is 312 g/mol. The Bertz CT molecular complexity index is 734. The number of benzene rings is 2. The summed E-state index contributed by atoms with van der Waals surface area (Å²) in [4.78, 5) is 0. The van der Waals surface area contributed by atoms with Crippen molar-refractivity contribution in [2.45, 2.75) is 33.6 Å². The highest BCUT2D eigenvalue weighted by molar-refractivity contribution is 5.49. The SMILES string of the molecule is COc1ccc(CC2COc3cc(C)c(C)c(C)c3C2)cc1O. The van der Waals surface area contributed by atoms with Gasteiger partial charge in [0.2, 0.25) is 0 Å². The quantitative estimate of drug-likeness (QED) is 0.926. The Morgan fingerprint density at radius 2 is 1.96 bits per heavy atom. The van der Waals surface area contributed by atoms with Crippen LogP contribution in [0, 0.1) is 26.7 Å². The average Bonchev–Trinajstić information content (AvgIpc) is 2.54. The number of aromatic hydroxyl groups is 1. The highest BCUT2D eigenvalue weighted by Gasteiger charge is 2.23. The van der Waals surface area contributed by atoms with Crippen LogP contribution >= 0.6 is 0 Å². The fourth-order valence-electron chi connectivity index (χ4n) is 3.36. The normalized spacial score (nSPS) is 16.6. The van der Waals surface area contributed by atoms with E-state index in [0.29, 0.717) is 11.7 Å². The highest BCUT2D eigenvalue weighted by atomic mass is 16.5. The number of methoxy groups -OCH3 is 1. The second-order valence-electron chi connectivity index (χ2n) is 6.51. The van der Waals surface area contributed by atoms with Gasteiger partial charge in [0, 0.05) is 5.92 Å². The predicted octanol–water partition coefficient (Wildman–Crippen LogP) is 4.12. The standard InChI is InChI=1S/C20H24O3/c1-12-7-20-17(14(3)13(12)2)9-16(11-23-20)8-15-5-6-19(22-4)18(21)10-15/h5-7,10,16,21H,8-9,11H2,1-4H3. The first kappa shape index (κ1) is 15.7. The van der Waals surface area contributed by atoms with Gasteiger partial charge in [-0.05, 0) is 79.6 Å². The van der Waals surface area contributed by atoms with Crippen molar-refractivity contribution >= 4 is 0 Å². The lowest BCUT2D eigenvalue weighted by Gasteiger charge is -2.28. The van der Waals surface area contributed by atoms with Crippen LogP contribution < -0.4 is 9.47 Å². The zero-order valence-electron chi connectivity index (χ0n) is 14.3. The van der Waals surface area contributed by atoms with Gasteiger partial charge in [0.05, 0.1) is 13.7 Å². The first-order chi connectivity index (χ1) is 11.0. The molecule has 1 atom stereocenters. The number of rotatable bonds is 3. The Balaban J connectivity index is 1.80. The predicted molar refractivity (Wildman–Crippen MR) is 91.7 cm³/mol. The molecule has 2 aromatic rings. The largest absolute Gasteiger partial charge is 0.504 e. The zero-order valence-corrected chi connectivity index (χ0v) is 14.3. The second-order valence-corrected chi connectivity index (χ2v) is 6.51. The van der Waals surface area contributed by atoms with Crippen LogP contribution in [0.2, 0.25) is 0 Å². The Hall–Kier alpha value is -2.16. The van der Waals surface area contributed by atoms with Gasteiger partial charge in [-0.2, -0.15) is 0 Å². The van der Waals surface area contributed by atoms with E-state index in [2.05, 4.69) is 26.8 Å². The Morgan fingerprint density at radius 3 is 2.65 bits per heavy atom. The molecule has 0 fully saturated rings. The van der Waals surface area contributed by atoms with Gasteiger partial charge in [-0.3, -0.25) is 0 Å². The Kier molecular flexibility index (Phi) is 4.20. The van der Waals surface area contributed by atoms with Crippen LogP contribution in [0.1, 0.15) is 27.8 Å². The van der Waals surface area contributed by atoms with Gasteiger partial charge in [0.25, 0.3) is 0 Å². The Labute approximate surface area is 137 Å². The lowest BCUT2D eigenvalue weighted by Crippen LogP contribution is -2.24. The van der Waals surface area contributed by atoms with Gasteiger partial charge in [0.15, 0.2) is 11.5 Å². The smallest absolute Gasteiger partial charge is 0.160 e. The molecule has 3 rings (SSSR count). The van der Waals surface area contributed by atoms with Crippen LogP contribution in [0.5, 0.6) is 17.2 Å².